The summed E-state index contributed by atoms with van der Waals surface area (Å²) in [7, 11) is 0. The molecule has 1 heterocycles. The Balaban J connectivity index is 1.86. The Morgan fingerprint density at radius 3 is 2.70 bits per heavy atom. The fourth-order valence-corrected chi connectivity index (χ4v) is 2.11. The molecule has 0 radical (unpaired) electrons. The van der Waals surface area contributed by atoms with E-state index in [1.807, 2.05) is 18.2 Å². The molecular weight excluding hydrogens is 254 g/mol. The Bertz CT molecular complexity index is 551. The summed E-state index contributed by atoms with van der Waals surface area (Å²) < 4.78 is 4.86. The number of rotatable bonds is 6. The van der Waals surface area contributed by atoms with Crippen LogP contribution >= 0.6 is 0 Å². The first-order chi connectivity index (χ1) is 9.69. The molecule has 0 aliphatic carbocycles. The van der Waals surface area contributed by atoms with E-state index in [-0.39, 0.29) is 11.8 Å². The normalized spacial score (nSPS) is 12.1. The van der Waals surface area contributed by atoms with Gasteiger partial charge in [-0.15, -0.1) is 0 Å². The quantitative estimate of drug-likeness (QED) is 0.878. The molecule has 5 nitrogen and oxygen atoms in total. The van der Waals surface area contributed by atoms with E-state index in [0.717, 1.165) is 6.42 Å². The zero-order valence-electron chi connectivity index (χ0n) is 11.8. The van der Waals surface area contributed by atoms with Gasteiger partial charge >= 0.3 is 0 Å². The summed E-state index contributed by atoms with van der Waals surface area (Å²) in [5.41, 5.74) is 1.19. The van der Waals surface area contributed by atoms with E-state index < -0.39 is 0 Å². The van der Waals surface area contributed by atoms with Gasteiger partial charge in [-0.2, -0.15) is 4.98 Å². The number of hydrogen-bond donors (Lipinski definition) is 1. The predicted octanol–water partition coefficient (Wildman–Crippen LogP) is 2.58. The molecule has 0 bridgehead atoms. The van der Waals surface area contributed by atoms with Crippen LogP contribution in [0.5, 0.6) is 0 Å². The smallest absolute Gasteiger partial charge is 0.223 e. The van der Waals surface area contributed by atoms with E-state index in [1.165, 1.54) is 5.56 Å². The molecule has 0 aliphatic heterocycles. The molecule has 1 amide bonds. The third kappa shape index (κ3) is 3.91. The topological polar surface area (TPSA) is 68.0 Å². The summed E-state index contributed by atoms with van der Waals surface area (Å²) in [5.74, 6) is 1.25. The molecule has 0 fully saturated rings. The Morgan fingerprint density at radius 2 is 2.10 bits per heavy atom. The third-order valence-corrected chi connectivity index (χ3v) is 3.21. The molecule has 2 aromatic rings. The fraction of sp³-hybridized carbons (Fsp3) is 0.400. The molecule has 1 aromatic heterocycles. The van der Waals surface area contributed by atoms with Gasteiger partial charge < -0.3 is 9.84 Å². The lowest BCUT2D eigenvalue weighted by atomic mass is 9.93. The summed E-state index contributed by atoms with van der Waals surface area (Å²) >= 11 is 0. The molecule has 5 heteroatoms. The van der Waals surface area contributed by atoms with Crippen molar-refractivity contribution in [3.8, 4) is 0 Å². The van der Waals surface area contributed by atoms with E-state index in [0.29, 0.717) is 24.7 Å². The van der Waals surface area contributed by atoms with Crippen molar-refractivity contribution < 1.29 is 9.32 Å². The van der Waals surface area contributed by atoms with Crippen LogP contribution < -0.4 is 5.32 Å². The zero-order valence-corrected chi connectivity index (χ0v) is 11.8. The van der Waals surface area contributed by atoms with Crippen molar-refractivity contribution >= 4 is 5.91 Å². The number of benzene rings is 1. The van der Waals surface area contributed by atoms with Crippen molar-refractivity contribution in [2.75, 3.05) is 0 Å². The average Bonchev–Trinajstić information content (AvgIpc) is 2.89. The highest BCUT2D eigenvalue weighted by atomic mass is 16.5. The molecule has 1 atom stereocenters. The Hall–Kier alpha value is -2.17. The first kappa shape index (κ1) is 14.2. The number of carbonyl (C=O) groups excluding carboxylic acids is 1. The van der Waals surface area contributed by atoms with Crippen molar-refractivity contribution in [2.45, 2.75) is 39.2 Å². The van der Waals surface area contributed by atoms with Gasteiger partial charge in [0.2, 0.25) is 11.8 Å². The van der Waals surface area contributed by atoms with E-state index in [2.05, 4.69) is 34.5 Å². The van der Waals surface area contributed by atoms with Gasteiger partial charge in [-0.05, 0) is 17.9 Å². The zero-order chi connectivity index (χ0) is 14.4. The van der Waals surface area contributed by atoms with Crippen LogP contribution in [0.25, 0.3) is 0 Å². The molecule has 0 spiro atoms. The summed E-state index contributed by atoms with van der Waals surface area (Å²) in [4.78, 5) is 16.0. The maximum absolute atomic E-state index is 12.0. The molecule has 1 unspecified atom stereocenters. The number of carbonyl (C=O) groups is 1. The lowest BCUT2D eigenvalue weighted by Gasteiger charge is -2.14. The Morgan fingerprint density at radius 1 is 1.35 bits per heavy atom. The average molecular weight is 273 g/mol. The van der Waals surface area contributed by atoms with Crippen LogP contribution in [0.15, 0.2) is 34.9 Å². The van der Waals surface area contributed by atoms with Gasteiger partial charge in [-0.1, -0.05) is 42.4 Å². The van der Waals surface area contributed by atoms with Gasteiger partial charge in [0.1, 0.15) is 0 Å². The third-order valence-electron chi connectivity index (χ3n) is 3.21. The molecule has 106 valence electrons. The highest BCUT2D eigenvalue weighted by Crippen LogP contribution is 2.22. The molecular formula is C15H19N3O2. The SMILES string of the molecule is CCC(CC(=O)NCc1noc(C)n1)c1ccccc1. The summed E-state index contributed by atoms with van der Waals surface area (Å²) in [5, 5.41) is 6.57. The number of nitrogens with one attached hydrogen (secondary N) is 1. The van der Waals surface area contributed by atoms with Crippen LogP contribution in [0.4, 0.5) is 0 Å². The van der Waals surface area contributed by atoms with Crippen LogP contribution in [0, 0.1) is 6.92 Å². The van der Waals surface area contributed by atoms with Crippen LogP contribution in [0.1, 0.15) is 43.0 Å². The molecule has 0 saturated heterocycles. The Kier molecular flexibility index (Phi) is 4.87. The summed E-state index contributed by atoms with van der Waals surface area (Å²) in [6.45, 7) is 4.12. The number of aromatic nitrogens is 2. The van der Waals surface area contributed by atoms with Crippen LogP contribution in [-0.2, 0) is 11.3 Å². The maximum Gasteiger partial charge on any atom is 0.223 e. The highest BCUT2D eigenvalue weighted by Gasteiger charge is 2.14. The largest absolute Gasteiger partial charge is 0.349 e. The summed E-state index contributed by atoms with van der Waals surface area (Å²) in [6, 6.07) is 10.1. The van der Waals surface area contributed by atoms with Crippen LogP contribution in [0.2, 0.25) is 0 Å². The second-order valence-corrected chi connectivity index (χ2v) is 4.73. The molecule has 1 aromatic carbocycles. The minimum atomic E-state index is 0.00292. The lowest BCUT2D eigenvalue weighted by Crippen LogP contribution is -2.25. The summed E-state index contributed by atoms with van der Waals surface area (Å²) in [6.07, 6.45) is 1.40. The minimum absolute atomic E-state index is 0.00292. The van der Waals surface area contributed by atoms with Gasteiger partial charge in [0.25, 0.3) is 0 Å². The van der Waals surface area contributed by atoms with Gasteiger partial charge in [0.05, 0.1) is 6.54 Å². The van der Waals surface area contributed by atoms with Crippen molar-refractivity contribution in [3.63, 3.8) is 0 Å². The number of nitrogens with zero attached hydrogens (tertiary/aromatic N) is 2. The first-order valence-electron chi connectivity index (χ1n) is 6.80. The molecule has 0 aliphatic rings. The lowest BCUT2D eigenvalue weighted by molar-refractivity contribution is -0.121. The van der Waals surface area contributed by atoms with Crippen LogP contribution in [0.3, 0.4) is 0 Å². The predicted molar refractivity (Wildman–Crippen MR) is 75.0 cm³/mol. The fourth-order valence-electron chi connectivity index (χ4n) is 2.11. The minimum Gasteiger partial charge on any atom is -0.349 e. The molecule has 0 saturated carbocycles. The highest BCUT2D eigenvalue weighted by molar-refractivity contribution is 5.76. The van der Waals surface area contributed by atoms with E-state index >= 15 is 0 Å². The van der Waals surface area contributed by atoms with Crippen molar-refractivity contribution in [1.29, 1.82) is 0 Å². The molecule has 2 rings (SSSR count). The van der Waals surface area contributed by atoms with Crippen LogP contribution in [-0.4, -0.2) is 16.0 Å². The van der Waals surface area contributed by atoms with Crippen molar-refractivity contribution in [1.82, 2.24) is 15.5 Å². The van der Waals surface area contributed by atoms with Gasteiger partial charge in [0.15, 0.2) is 5.82 Å². The Labute approximate surface area is 118 Å². The van der Waals surface area contributed by atoms with E-state index in [9.17, 15) is 4.79 Å². The number of aryl methyl sites for hydroxylation is 1. The molecule has 1 N–H and O–H groups in total. The van der Waals surface area contributed by atoms with Gasteiger partial charge in [-0.3, -0.25) is 4.79 Å². The number of hydrogen-bond acceptors (Lipinski definition) is 4. The second-order valence-electron chi connectivity index (χ2n) is 4.73. The standard InChI is InChI=1S/C15H19N3O2/c1-3-12(13-7-5-4-6-8-13)9-15(19)16-10-14-17-11(2)20-18-14/h4-8,12H,3,9-10H2,1-2H3,(H,16,19). The maximum atomic E-state index is 12.0. The number of amides is 1. The van der Waals surface area contributed by atoms with E-state index in [4.69, 9.17) is 4.52 Å². The van der Waals surface area contributed by atoms with Gasteiger partial charge in [-0.25, -0.2) is 0 Å². The van der Waals surface area contributed by atoms with Gasteiger partial charge in [0, 0.05) is 13.3 Å². The first-order valence-corrected chi connectivity index (χ1v) is 6.80. The van der Waals surface area contributed by atoms with Crippen molar-refractivity contribution in [3.05, 3.63) is 47.6 Å². The van der Waals surface area contributed by atoms with Crippen molar-refractivity contribution in [2.24, 2.45) is 0 Å². The van der Waals surface area contributed by atoms with E-state index in [1.54, 1.807) is 6.92 Å². The molecule has 20 heavy (non-hydrogen) atoms. The monoisotopic (exact) mass is 273 g/mol. The second kappa shape index (κ2) is 6.84.